The van der Waals surface area contributed by atoms with Crippen molar-refractivity contribution in [2.24, 2.45) is 0 Å². The Balaban J connectivity index is 1.56. The van der Waals surface area contributed by atoms with E-state index in [1.807, 2.05) is 0 Å². The lowest BCUT2D eigenvalue weighted by atomic mass is 10.1. The number of hydrogen-bond acceptors (Lipinski definition) is 6. The van der Waals surface area contributed by atoms with Gasteiger partial charge in [0.05, 0.1) is 37.1 Å². The van der Waals surface area contributed by atoms with Gasteiger partial charge in [-0.2, -0.15) is 0 Å². The Kier molecular flexibility index (Phi) is 4.49. The van der Waals surface area contributed by atoms with Crippen molar-refractivity contribution < 1.29 is 14.3 Å². The average molecular weight is 353 g/mol. The van der Waals surface area contributed by atoms with Gasteiger partial charge in [0.1, 0.15) is 11.3 Å². The molecule has 1 N–H and O–H groups in total. The van der Waals surface area contributed by atoms with Crippen molar-refractivity contribution in [1.82, 2.24) is 19.5 Å². The van der Waals surface area contributed by atoms with Crippen LogP contribution in [0, 0.1) is 0 Å². The summed E-state index contributed by atoms with van der Waals surface area (Å²) < 4.78 is 12.6. The molecule has 1 aliphatic rings. The molecule has 0 aromatic carbocycles. The molecule has 1 amide bonds. The summed E-state index contributed by atoms with van der Waals surface area (Å²) >= 11 is 0. The lowest BCUT2D eigenvalue weighted by Crippen LogP contribution is -2.19. The number of rotatable bonds is 4. The van der Waals surface area contributed by atoms with Crippen LogP contribution in [0.2, 0.25) is 0 Å². The molecule has 3 aromatic rings. The zero-order valence-corrected chi connectivity index (χ0v) is 14.4. The molecule has 8 nitrogen and oxygen atoms in total. The maximum Gasteiger partial charge on any atom is 0.257 e. The normalized spacial score (nSPS) is 15.1. The van der Waals surface area contributed by atoms with Crippen LogP contribution >= 0.6 is 0 Å². The van der Waals surface area contributed by atoms with Crippen LogP contribution in [0.15, 0.2) is 37.1 Å². The number of anilines is 1. The van der Waals surface area contributed by atoms with E-state index in [1.54, 1.807) is 44.2 Å². The zero-order chi connectivity index (χ0) is 17.9. The van der Waals surface area contributed by atoms with Gasteiger partial charge in [-0.3, -0.25) is 9.78 Å². The topological polar surface area (TPSA) is 91.2 Å². The Morgan fingerprint density at radius 3 is 2.88 bits per heavy atom. The highest BCUT2D eigenvalue weighted by Crippen LogP contribution is 2.25. The summed E-state index contributed by atoms with van der Waals surface area (Å²) in [6.45, 7) is 1.50. The summed E-state index contributed by atoms with van der Waals surface area (Å²) in [5, 5.41) is 2.80. The maximum atomic E-state index is 12.5. The van der Waals surface area contributed by atoms with Crippen molar-refractivity contribution >= 4 is 22.8 Å². The van der Waals surface area contributed by atoms with Gasteiger partial charge in [-0.05, 0) is 18.9 Å². The number of amides is 1. The SMILES string of the molecule is COc1cncc(NC(=O)c2cnc3c(c2)ncn3C2CCOCC2)c1. The van der Waals surface area contributed by atoms with Gasteiger partial charge in [-0.1, -0.05) is 0 Å². The Bertz CT molecular complexity index is 933. The molecule has 0 atom stereocenters. The standard InChI is InChI=1S/C18H19N5O3/c1-25-15-7-13(9-19-10-15)22-18(24)12-6-16-17(20-8-12)23(11-21-16)14-2-4-26-5-3-14/h6-11,14H,2-5H2,1H3,(H,22,24). The predicted octanol–water partition coefficient (Wildman–Crippen LogP) is 2.44. The number of imidazole rings is 1. The van der Waals surface area contributed by atoms with Gasteiger partial charge in [0, 0.05) is 31.5 Å². The molecule has 134 valence electrons. The largest absolute Gasteiger partial charge is 0.495 e. The molecule has 0 aliphatic carbocycles. The second kappa shape index (κ2) is 7.09. The molecule has 0 unspecified atom stereocenters. The molecule has 0 bridgehead atoms. The lowest BCUT2D eigenvalue weighted by molar-refractivity contribution is 0.0704. The van der Waals surface area contributed by atoms with Crippen LogP contribution in [0.25, 0.3) is 11.2 Å². The highest BCUT2D eigenvalue weighted by atomic mass is 16.5. The zero-order valence-electron chi connectivity index (χ0n) is 14.4. The predicted molar refractivity (Wildman–Crippen MR) is 95.4 cm³/mol. The van der Waals surface area contributed by atoms with Gasteiger partial charge in [-0.15, -0.1) is 0 Å². The second-order valence-electron chi connectivity index (χ2n) is 6.13. The molecule has 1 fully saturated rings. The fourth-order valence-corrected chi connectivity index (χ4v) is 3.08. The minimum absolute atomic E-state index is 0.268. The fraction of sp³-hybridized carbons (Fsp3) is 0.333. The summed E-state index contributed by atoms with van der Waals surface area (Å²) in [6, 6.07) is 3.79. The van der Waals surface area contributed by atoms with Crippen LogP contribution in [0.3, 0.4) is 0 Å². The molecule has 1 aliphatic heterocycles. The van der Waals surface area contributed by atoms with Crippen LogP contribution < -0.4 is 10.1 Å². The minimum Gasteiger partial charge on any atom is -0.495 e. The average Bonchev–Trinajstić information content (AvgIpc) is 3.12. The van der Waals surface area contributed by atoms with Crippen molar-refractivity contribution in [3.8, 4) is 5.75 Å². The first kappa shape index (κ1) is 16.5. The monoisotopic (exact) mass is 353 g/mol. The number of nitrogens with zero attached hydrogens (tertiary/aromatic N) is 4. The van der Waals surface area contributed by atoms with E-state index >= 15 is 0 Å². The van der Waals surface area contributed by atoms with Gasteiger partial charge < -0.3 is 19.4 Å². The van der Waals surface area contributed by atoms with E-state index in [2.05, 4.69) is 24.8 Å². The Morgan fingerprint density at radius 1 is 1.23 bits per heavy atom. The first-order valence-corrected chi connectivity index (χ1v) is 8.45. The van der Waals surface area contributed by atoms with Gasteiger partial charge in [0.2, 0.25) is 0 Å². The smallest absolute Gasteiger partial charge is 0.257 e. The quantitative estimate of drug-likeness (QED) is 0.775. The number of methoxy groups -OCH3 is 1. The van der Waals surface area contributed by atoms with Gasteiger partial charge >= 0.3 is 0 Å². The number of carbonyl (C=O) groups is 1. The number of fused-ring (bicyclic) bond motifs is 1. The van der Waals surface area contributed by atoms with Crippen LogP contribution in [0.1, 0.15) is 29.2 Å². The van der Waals surface area contributed by atoms with Crippen molar-refractivity contribution in [2.75, 3.05) is 25.6 Å². The van der Waals surface area contributed by atoms with Crippen molar-refractivity contribution in [1.29, 1.82) is 0 Å². The summed E-state index contributed by atoms with van der Waals surface area (Å²) in [5.74, 6) is 0.307. The van der Waals surface area contributed by atoms with E-state index in [9.17, 15) is 4.79 Å². The first-order valence-electron chi connectivity index (χ1n) is 8.45. The van der Waals surface area contributed by atoms with Crippen molar-refractivity contribution in [3.63, 3.8) is 0 Å². The lowest BCUT2D eigenvalue weighted by Gasteiger charge is -2.23. The second-order valence-corrected chi connectivity index (χ2v) is 6.13. The molecular formula is C18H19N5O3. The summed E-state index contributed by atoms with van der Waals surface area (Å²) in [4.78, 5) is 25.4. The van der Waals surface area contributed by atoms with Crippen LogP contribution in [0.5, 0.6) is 5.75 Å². The third-order valence-corrected chi connectivity index (χ3v) is 4.47. The molecule has 4 rings (SSSR count). The number of pyridine rings is 2. The molecule has 1 saturated heterocycles. The minimum atomic E-state index is -0.268. The first-order chi connectivity index (χ1) is 12.7. The maximum absolute atomic E-state index is 12.5. The molecule has 0 radical (unpaired) electrons. The Hall–Kier alpha value is -3.00. The third-order valence-electron chi connectivity index (χ3n) is 4.47. The van der Waals surface area contributed by atoms with E-state index in [4.69, 9.17) is 9.47 Å². The molecule has 4 heterocycles. The van der Waals surface area contributed by atoms with Crippen molar-refractivity contribution in [2.45, 2.75) is 18.9 Å². The highest BCUT2D eigenvalue weighted by molar-refractivity contribution is 6.05. The van der Waals surface area contributed by atoms with Crippen LogP contribution in [-0.4, -0.2) is 45.7 Å². The molecule has 26 heavy (non-hydrogen) atoms. The molecule has 8 heteroatoms. The van der Waals surface area contributed by atoms with Gasteiger partial charge in [0.15, 0.2) is 5.65 Å². The van der Waals surface area contributed by atoms with E-state index in [0.717, 1.165) is 31.7 Å². The fourth-order valence-electron chi connectivity index (χ4n) is 3.08. The summed E-state index contributed by atoms with van der Waals surface area (Å²) in [7, 11) is 1.55. The number of carbonyl (C=O) groups excluding carboxylic acids is 1. The number of hydrogen-bond donors (Lipinski definition) is 1. The molecule has 0 spiro atoms. The van der Waals surface area contributed by atoms with Crippen LogP contribution in [0.4, 0.5) is 5.69 Å². The summed E-state index contributed by atoms with van der Waals surface area (Å²) in [5.41, 5.74) is 2.49. The van der Waals surface area contributed by atoms with Crippen LogP contribution in [-0.2, 0) is 4.74 Å². The van der Waals surface area contributed by atoms with E-state index < -0.39 is 0 Å². The van der Waals surface area contributed by atoms with Crippen molar-refractivity contribution in [3.05, 3.63) is 42.6 Å². The third kappa shape index (κ3) is 3.23. The summed E-state index contributed by atoms with van der Waals surface area (Å²) in [6.07, 6.45) is 8.39. The Labute approximate surface area is 150 Å². The highest BCUT2D eigenvalue weighted by Gasteiger charge is 2.19. The van der Waals surface area contributed by atoms with Gasteiger partial charge in [0.25, 0.3) is 5.91 Å². The Morgan fingerprint density at radius 2 is 2.08 bits per heavy atom. The van der Waals surface area contributed by atoms with E-state index in [-0.39, 0.29) is 5.91 Å². The molecule has 3 aromatic heterocycles. The van der Waals surface area contributed by atoms with E-state index in [0.29, 0.717) is 28.6 Å². The number of ether oxygens (including phenoxy) is 2. The van der Waals surface area contributed by atoms with Gasteiger partial charge in [-0.25, -0.2) is 9.97 Å². The molecular weight excluding hydrogens is 334 g/mol. The number of nitrogens with one attached hydrogen (secondary N) is 1. The molecule has 0 saturated carbocycles. The van der Waals surface area contributed by atoms with E-state index in [1.165, 1.54) is 0 Å². The number of aromatic nitrogens is 4.